The molecule has 3 heteroatoms. The van der Waals surface area contributed by atoms with Gasteiger partial charge in [-0.25, -0.2) is 0 Å². The van der Waals surface area contributed by atoms with Crippen LogP contribution in [0.2, 0.25) is 0 Å². The summed E-state index contributed by atoms with van der Waals surface area (Å²) in [5.74, 6) is 0.884. The quantitative estimate of drug-likeness (QED) is 0.440. The van der Waals surface area contributed by atoms with Crippen molar-refractivity contribution in [3.8, 4) is 0 Å². The van der Waals surface area contributed by atoms with Gasteiger partial charge in [0.2, 0.25) is 0 Å². The summed E-state index contributed by atoms with van der Waals surface area (Å²) in [5.41, 5.74) is 0. The Morgan fingerprint density at radius 1 is 1.33 bits per heavy atom. The van der Waals surface area contributed by atoms with E-state index in [0.29, 0.717) is 12.1 Å². The van der Waals surface area contributed by atoms with E-state index in [-0.39, 0.29) is 51.4 Å². The molecule has 0 spiro atoms. The topological polar surface area (TPSA) is 26.1 Å². The Labute approximate surface area is 157 Å². The van der Waals surface area contributed by atoms with Gasteiger partial charge in [-0.05, 0) is 24.8 Å². The first kappa shape index (κ1) is 21.6. The van der Waals surface area contributed by atoms with E-state index in [1.165, 1.54) is 19.3 Å². The molecule has 1 saturated heterocycles. The Hall–Kier alpha value is 1.30. The van der Waals surface area contributed by atoms with Crippen molar-refractivity contribution in [2.24, 2.45) is 5.92 Å². The zero-order valence-electron chi connectivity index (χ0n) is 13.2. The molecule has 2 atom stereocenters. The van der Waals surface area contributed by atoms with Crippen LogP contribution in [0.3, 0.4) is 0 Å². The molecule has 0 aliphatic carbocycles. The van der Waals surface area contributed by atoms with Crippen LogP contribution in [0.4, 0.5) is 0 Å². The average Bonchev–Trinajstić information content (AvgIpc) is 2.78. The van der Waals surface area contributed by atoms with Gasteiger partial charge in [-0.15, -0.1) is 19.7 Å². The summed E-state index contributed by atoms with van der Waals surface area (Å²) in [4.78, 5) is 0. The second-order valence-corrected chi connectivity index (χ2v) is 5.22. The van der Waals surface area contributed by atoms with Gasteiger partial charge in [-0.1, -0.05) is 46.6 Å². The second-order valence-electron chi connectivity index (χ2n) is 5.22. The van der Waals surface area contributed by atoms with Crippen molar-refractivity contribution in [1.29, 1.82) is 0 Å². The van der Waals surface area contributed by atoms with Crippen LogP contribution in [0.5, 0.6) is 0 Å². The van der Waals surface area contributed by atoms with Crippen molar-refractivity contribution < 1.29 is 51.4 Å². The first-order valence-electron chi connectivity index (χ1n) is 7.15. The molecule has 102 valence electrons. The minimum absolute atomic E-state index is 0. The van der Waals surface area contributed by atoms with Crippen molar-refractivity contribution >= 4 is 0 Å². The van der Waals surface area contributed by atoms with Gasteiger partial charge in [-0.2, -0.15) is 0 Å². The molecule has 18 heavy (non-hydrogen) atoms. The zero-order chi connectivity index (χ0) is 13.1. The molecule has 1 fully saturated rings. The van der Waals surface area contributed by atoms with Gasteiger partial charge in [-0.3, -0.25) is 0 Å². The SMILES string of the molecule is C=CC1CCC(C[N-]CCC)N1.CCC(C)C.[K+]. The van der Waals surface area contributed by atoms with Gasteiger partial charge >= 0.3 is 51.4 Å². The van der Waals surface area contributed by atoms with E-state index < -0.39 is 0 Å². The summed E-state index contributed by atoms with van der Waals surface area (Å²) < 4.78 is 0. The number of hydrogen-bond donors (Lipinski definition) is 1. The van der Waals surface area contributed by atoms with Gasteiger partial charge in [0, 0.05) is 6.04 Å². The van der Waals surface area contributed by atoms with E-state index in [1.54, 1.807) is 0 Å². The molecule has 0 saturated carbocycles. The second kappa shape index (κ2) is 14.7. The fourth-order valence-electron chi connectivity index (χ4n) is 1.59. The maximum absolute atomic E-state index is 4.44. The van der Waals surface area contributed by atoms with Crippen molar-refractivity contribution in [3.05, 3.63) is 18.0 Å². The summed E-state index contributed by atoms with van der Waals surface area (Å²) in [7, 11) is 0. The molecule has 0 aromatic heterocycles. The number of nitrogens with one attached hydrogen (secondary N) is 1. The molecule has 0 bridgehead atoms. The summed E-state index contributed by atoms with van der Waals surface area (Å²) in [5, 5.41) is 7.93. The Balaban J connectivity index is 0. The van der Waals surface area contributed by atoms with Crippen LogP contribution in [0.1, 0.15) is 53.4 Å². The van der Waals surface area contributed by atoms with Gasteiger partial charge in [0.1, 0.15) is 0 Å². The van der Waals surface area contributed by atoms with Crippen LogP contribution < -0.4 is 56.7 Å². The van der Waals surface area contributed by atoms with E-state index >= 15 is 0 Å². The average molecular weight is 279 g/mol. The molecule has 0 radical (unpaired) electrons. The van der Waals surface area contributed by atoms with Crippen molar-refractivity contribution in [1.82, 2.24) is 5.32 Å². The molecule has 1 aliphatic heterocycles. The molecule has 0 aromatic rings. The molecular formula is C15H31KN2. The van der Waals surface area contributed by atoms with Crippen molar-refractivity contribution in [3.63, 3.8) is 0 Å². The smallest absolute Gasteiger partial charge is 0.661 e. The fourth-order valence-corrected chi connectivity index (χ4v) is 1.59. The monoisotopic (exact) mass is 278 g/mol. The number of hydrogen-bond acceptors (Lipinski definition) is 1. The Kier molecular flexibility index (Phi) is 17.6. The number of nitrogens with zero attached hydrogens (tertiary/aromatic N) is 1. The standard InChI is InChI=1S/C10H19N2.C5H12.K/c1-3-7-11-8-10-6-5-9(4-2)12-10;1-4-5(2)3;/h4,9-10,12H,2-3,5-8H2,1H3;5H,4H2,1-3H3;/q-1;;+1. The molecule has 0 amide bonds. The van der Waals surface area contributed by atoms with Crippen molar-refractivity contribution in [2.75, 3.05) is 13.1 Å². The third kappa shape index (κ3) is 12.3. The van der Waals surface area contributed by atoms with E-state index in [0.717, 1.165) is 25.4 Å². The Bertz CT molecular complexity index is 183. The van der Waals surface area contributed by atoms with Crippen LogP contribution in [-0.2, 0) is 0 Å². The molecular weight excluding hydrogens is 247 g/mol. The first-order valence-corrected chi connectivity index (χ1v) is 7.15. The van der Waals surface area contributed by atoms with Crippen LogP contribution >= 0.6 is 0 Å². The maximum atomic E-state index is 4.44. The molecule has 1 rings (SSSR count). The maximum Gasteiger partial charge on any atom is 1.00 e. The van der Waals surface area contributed by atoms with Gasteiger partial charge in [0.05, 0.1) is 0 Å². The minimum Gasteiger partial charge on any atom is -0.661 e. The zero-order valence-corrected chi connectivity index (χ0v) is 16.3. The van der Waals surface area contributed by atoms with E-state index in [9.17, 15) is 0 Å². The van der Waals surface area contributed by atoms with E-state index in [4.69, 9.17) is 0 Å². The molecule has 1 N–H and O–H groups in total. The largest absolute Gasteiger partial charge is 1.00 e. The normalized spacial score (nSPS) is 22.1. The summed E-state index contributed by atoms with van der Waals surface area (Å²) in [6.45, 7) is 14.6. The number of rotatable bonds is 6. The van der Waals surface area contributed by atoms with Crippen molar-refractivity contribution in [2.45, 2.75) is 65.5 Å². The van der Waals surface area contributed by atoms with Crippen LogP contribution in [0, 0.1) is 5.92 Å². The summed E-state index contributed by atoms with van der Waals surface area (Å²) in [6.07, 6.45) is 6.96. The third-order valence-corrected chi connectivity index (χ3v) is 3.11. The van der Waals surface area contributed by atoms with E-state index in [2.05, 4.69) is 44.9 Å². The molecule has 0 aromatic carbocycles. The van der Waals surface area contributed by atoms with Crippen LogP contribution in [0.15, 0.2) is 12.7 Å². The molecule has 2 unspecified atom stereocenters. The Morgan fingerprint density at radius 2 is 1.94 bits per heavy atom. The molecule has 1 heterocycles. The fraction of sp³-hybridized carbons (Fsp3) is 0.867. The molecule has 2 nitrogen and oxygen atoms in total. The van der Waals surface area contributed by atoms with Gasteiger partial charge in [0.25, 0.3) is 0 Å². The Morgan fingerprint density at radius 3 is 2.33 bits per heavy atom. The first-order chi connectivity index (χ1) is 8.13. The van der Waals surface area contributed by atoms with Crippen LogP contribution in [0.25, 0.3) is 5.32 Å². The molecule has 1 aliphatic rings. The van der Waals surface area contributed by atoms with E-state index in [1.807, 2.05) is 6.08 Å². The van der Waals surface area contributed by atoms with Crippen LogP contribution in [-0.4, -0.2) is 25.2 Å². The van der Waals surface area contributed by atoms with Gasteiger partial charge in [0.15, 0.2) is 0 Å². The third-order valence-electron chi connectivity index (χ3n) is 3.11. The minimum atomic E-state index is 0. The van der Waals surface area contributed by atoms with Gasteiger partial charge < -0.3 is 10.6 Å². The summed E-state index contributed by atoms with van der Waals surface area (Å²) in [6, 6.07) is 1.14. The summed E-state index contributed by atoms with van der Waals surface area (Å²) >= 11 is 0. The predicted octanol–water partition coefficient (Wildman–Crippen LogP) is 1.13. The predicted molar refractivity (Wildman–Crippen MR) is 78.7 cm³/mol.